The van der Waals surface area contributed by atoms with Gasteiger partial charge in [0.25, 0.3) is 11.5 Å². The highest BCUT2D eigenvalue weighted by Crippen LogP contribution is 2.29. The molecule has 1 unspecified atom stereocenters. The number of rotatable bonds is 6. The molecule has 0 aliphatic heterocycles. The van der Waals surface area contributed by atoms with Crippen LogP contribution in [0.25, 0.3) is 10.2 Å². The number of nitrogens with zero attached hydrogens (tertiary/aromatic N) is 2. The predicted octanol–water partition coefficient (Wildman–Crippen LogP) is 5.84. The minimum Gasteiger partial charge on any atom is -0.324 e. The van der Waals surface area contributed by atoms with Gasteiger partial charge in [0.2, 0.25) is 5.91 Å². The van der Waals surface area contributed by atoms with Gasteiger partial charge in [-0.2, -0.15) is 0 Å². The van der Waals surface area contributed by atoms with Crippen molar-refractivity contribution in [2.24, 2.45) is 0 Å². The van der Waals surface area contributed by atoms with Crippen LogP contribution in [0.2, 0.25) is 0 Å². The molecule has 186 valence electrons. The third kappa shape index (κ3) is 4.95. The Bertz CT molecular complexity index is 1530. The van der Waals surface area contributed by atoms with Crippen LogP contribution < -0.4 is 16.2 Å². The van der Waals surface area contributed by atoms with Gasteiger partial charge in [-0.3, -0.25) is 19.0 Å². The molecule has 0 aliphatic rings. The standard InChI is InChI=1S/C28H30N4O3S/c1-7-22(25(33)30-20-12-16(3)10-17(4)13-20)32-14-29-27-23(28(32)35)19(6)24(36-27)26(34)31-21-9-8-15(2)11-18(21)5/h8-14,22H,7H2,1-6H3,(H,30,33)(H,31,34). The van der Waals surface area contributed by atoms with E-state index in [0.29, 0.717) is 32.8 Å². The van der Waals surface area contributed by atoms with Crippen LogP contribution in [-0.4, -0.2) is 21.4 Å². The number of benzene rings is 2. The van der Waals surface area contributed by atoms with Crippen molar-refractivity contribution in [1.29, 1.82) is 0 Å². The molecule has 0 spiro atoms. The molecule has 4 rings (SSSR count). The Morgan fingerprint density at radius 3 is 2.31 bits per heavy atom. The summed E-state index contributed by atoms with van der Waals surface area (Å²) < 4.78 is 1.37. The highest BCUT2D eigenvalue weighted by molar-refractivity contribution is 7.20. The molecule has 36 heavy (non-hydrogen) atoms. The molecule has 8 heteroatoms. The predicted molar refractivity (Wildman–Crippen MR) is 146 cm³/mol. The minimum absolute atomic E-state index is 0.284. The summed E-state index contributed by atoms with van der Waals surface area (Å²) in [6.07, 6.45) is 1.81. The van der Waals surface area contributed by atoms with Crippen molar-refractivity contribution in [2.45, 2.75) is 54.0 Å². The van der Waals surface area contributed by atoms with Crippen molar-refractivity contribution in [3.05, 3.63) is 85.8 Å². The summed E-state index contributed by atoms with van der Waals surface area (Å²) in [7, 11) is 0. The van der Waals surface area contributed by atoms with Gasteiger partial charge in [-0.15, -0.1) is 11.3 Å². The Kier molecular flexibility index (Phi) is 7.08. The lowest BCUT2D eigenvalue weighted by atomic mass is 10.1. The normalized spacial score (nSPS) is 11.9. The van der Waals surface area contributed by atoms with E-state index in [-0.39, 0.29) is 17.4 Å². The van der Waals surface area contributed by atoms with Crippen molar-refractivity contribution in [3.8, 4) is 0 Å². The first-order valence-electron chi connectivity index (χ1n) is 11.9. The third-order valence-corrected chi connectivity index (χ3v) is 7.43. The summed E-state index contributed by atoms with van der Waals surface area (Å²) in [5.41, 5.74) is 5.80. The number of carbonyl (C=O) groups is 2. The Balaban J connectivity index is 1.66. The van der Waals surface area contributed by atoms with Crippen LogP contribution in [0, 0.1) is 34.6 Å². The van der Waals surface area contributed by atoms with Crippen LogP contribution in [0.4, 0.5) is 11.4 Å². The van der Waals surface area contributed by atoms with Gasteiger partial charge in [-0.25, -0.2) is 4.98 Å². The zero-order chi connectivity index (χ0) is 26.1. The second-order valence-electron chi connectivity index (χ2n) is 9.26. The Labute approximate surface area is 214 Å². The zero-order valence-corrected chi connectivity index (χ0v) is 22.2. The van der Waals surface area contributed by atoms with Crippen LogP contribution in [0.15, 0.2) is 47.5 Å². The van der Waals surface area contributed by atoms with E-state index in [2.05, 4.69) is 15.6 Å². The molecule has 0 saturated carbocycles. The summed E-state index contributed by atoms with van der Waals surface area (Å²) in [4.78, 5) is 45.1. The van der Waals surface area contributed by atoms with Crippen LogP contribution >= 0.6 is 11.3 Å². The largest absolute Gasteiger partial charge is 0.324 e. The lowest BCUT2D eigenvalue weighted by Crippen LogP contribution is -2.33. The van der Waals surface area contributed by atoms with E-state index >= 15 is 0 Å². The number of carbonyl (C=O) groups excluding carboxylic acids is 2. The van der Waals surface area contributed by atoms with Crippen molar-refractivity contribution >= 4 is 44.7 Å². The van der Waals surface area contributed by atoms with Gasteiger partial charge in [0.15, 0.2) is 0 Å². The van der Waals surface area contributed by atoms with Gasteiger partial charge in [0.1, 0.15) is 10.9 Å². The van der Waals surface area contributed by atoms with Gasteiger partial charge in [-0.1, -0.05) is 30.7 Å². The molecule has 0 aliphatic carbocycles. The number of thiophene rings is 1. The first kappa shape index (κ1) is 25.3. The number of hydrogen-bond donors (Lipinski definition) is 2. The van der Waals surface area contributed by atoms with E-state index < -0.39 is 6.04 Å². The number of nitrogens with one attached hydrogen (secondary N) is 2. The molecule has 4 aromatic rings. The fraction of sp³-hybridized carbons (Fsp3) is 0.286. The molecule has 2 N–H and O–H groups in total. The van der Waals surface area contributed by atoms with Gasteiger partial charge in [-0.05, 0) is 81.5 Å². The highest BCUT2D eigenvalue weighted by Gasteiger charge is 2.25. The number of amides is 2. The second kappa shape index (κ2) is 10.1. The van der Waals surface area contributed by atoms with Crippen molar-refractivity contribution < 1.29 is 9.59 Å². The highest BCUT2D eigenvalue weighted by atomic mass is 32.1. The van der Waals surface area contributed by atoms with Gasteiger partial charge in [0, 0.05) is 11.4 Å². The topological polar surface area (TPSA) is 93.1 Å². The summed E-state index contributed by atoms with van der Waals surface area (Å²) in [6.45, 7) is 11.5. The quantitative estimate of drug-likeness (QED) is 0.346. The molecule has 2 heterocycles. The second-order valence-corrected chi connectivity index (χ2v) is 10.3. The maximum Gasteiger partial charge on any atom is 0.266 e. The maximum atomic E-state index is 13.5. The summed E-state index contributed by atoms with van der Waals surface area (Å²) >= 11 is 1.18. The molecular weight excluding hydrogens is 472 g/mol. The SMILES string of the molecule is CCC(C(=O)Nc1cc(C)cc(C)c1)n1cnc2sc(C(=O)Nc3ccc(C)cc3C)c(C)c2c1=O. The Morgan fingerprint density at radius 2 is 1.67 bits per heavy atom. The number of aryl methyl sites for hydroxylation is 5. The van der Waals surface area contributed by atoms with E-state index in [1.807, 2.05) is 71.0 Å². The number of anilines is 2. The maximum absolute atomic E-state index is 13.5. The van der Waals surface area contributed by atoms with Gasteiger partial charge >= 0.3 is 0 Å². The molecule has 0 bridgehead atoms. The third-order valence-electron chi connectivity index (χ3n) is 6.23. The minimum atomic E-state index is -0.734. The summed E-state index contributed by atoms with van der Waals surface area (Å²) in [5.74, 6) is -0.570. The van der Waals surface area contributed by atoms with Gasteiger partial charge in [0.05, 0.1) is 16.6 Å². The monoisotopic (exact) mass is 502 g/mol. The van der Waals surface area contributed by atoms with Crippen LogP contribution in [0.5, 0.6) is 0 Å². The van der Waals surface area contributed by atoms with Crippen molar-refractivity contribution in [2.75, 3.05) is 10.6 Å². The lowest BCUT2D eigenvalue weighted by molar-refractivity contribution is -0.119. The van der Waals surface area contributed by atoms with Gasteiger partial charge < -0.3 is 10.6 Å². The van der Waals surface area contributed by atoms with Crippen molar-refractivity contribution in [3.63, 3.8) is 0 Å². The molecule has 2 aromatic carbocycles. The van der Waals surface area contributed by atoms with Crippen LogP contribution in [0.3, 0.4) is 0 Å². The fourth-order valence-electron chi connectivity index (χ4n) is 4.49. The number of fused-ring (bicyclic) bond motifs is 1. The number of aromatic nitrogens is 2. The van der Waals surface area contributed by atoms with Crippen LogP contribution in [-0.2, 0) is 4.79 Å². The molecule has 0 saturated heterocycles. The average molecular weight is 503 g/mol. The molecule has 2 amide bonds. The smallest absolute Gasteiger partial charge is 0.266 e. The van der Waals surface area contributed by atoms with E-state index in [0.717, 1.165) is 27.9 Å². The van der Waals surface area contributed by atoms with E-state index in [4.69, 9.17) is 0 Å². The Hall–Kier alpha value is -3.78. The zero-order valence-electron chi connectivity index (χ0n) is 21.4. The van der Waals surface area contributed by atoms with Crippen molar-refractivity contribution in [1.82, 2.24) is 9.55 Å². The lowest BCUT2D eigenvalue weighted by Gasteiger charge is -2.18. The molecule has 2 aromatic heterocycles. The van der Waals surface area contributed by atoms with E-state index in [1.165, 1.54) is 22.2 Å². The molecule has 0 radical (unpaired) electrons. The first-order chi connectivity index (χ1) is 17.1. The summed E-state index contributed by atoms with van der Waals surface area (Å²) in [6, 6.07) is 10.9. The molecule has 1 atom stereocenters. The Morgan fingerprint density at radius 1 is 0.972 bits per heavy atom. The molecule has 7 nitrogen and oxygen atoms in total. The number of hydrogen-bond acceptors (Lipinski definition) is 5. The van der Waals surface area contributed by atoms with Crippen LogP contribution in [0.1, 0.15) is 56.9 Å². The average Bonchev–Trinajstić information content (AvgIpc) is 3.14. The summed E-state index contributed by atoms with van der Waals surface area (Å²) in [5, 5.41) is 6.25. The van der Waals surface area contributed by atoms with E-state index in [1.54, 1.807) is 6.92 Å². The molecular formula is C28H30N4O3S. The fourth-order valence-corrected chi connectivity index (χ4v) is 5.52. The molecule has 0 fully saturated rings. The first-order valence-corrected chi connectivity index (χ1v) is 12.7. The van der Waals surface area contributed by atoms with E-state index in [9.17, 15) is 14.4 Å².